The normalized spacial score (nSPS) is 12.5. The molecule has 0 bridgehead atoms. The summed E-state index contributed by atoms with van der Waals surface area (Å²) in [5.41, 5.74) is 2.86. The lowest BCUT2D eigenvalue weighted by Crippen LogP contribution is -2.17. The van der Waals surface area contributed by atoms with Gasteiger partial charge in [-0.15, -0.1) is 0 Å². The summed E-state index contributed by atoms with van der Waals surface area (Å²) in [5, 5.41) is 5.13. The molecule has 0 unspecified atom stereocenters. The summed E-state index contributed by atoms with van der Waals surface area (Å²) in [6, 6.07) is 18.2. The van der Waals surface area contributed by atoms with Crippen LogP contribution in [0.3, 0.4) is 0 Å². The van der Waals surface area contributed by atoms with Crippen molar-refractivity contribution in [3.05, 3.63) is 59.7 Å². The van der Waals surface area contributed by atoms with Gasteiger partial charge in [0, 0.05) is 6.42 Å². The number of benzene rings is 3. The van der Waals surface area contributed by atoms with E-state index in [9.17, 15) is 4.79 Å². The van der Waals surface area contributed by atoms with Crippen LogP contribution in [0.5, 0.6) is 0 Å². The molecule has 0 saturated heterocycles. The van der Waals surface area contributed by atoms with Gasteiger partial charge in [-0.25, -0.2) is 0 Å². The van der Waals surface area contributed by atoms with E-state index in [4.69, 9.17) is 4.74 Å². The first-order valence-corrected chi connectivity index (χ1v) is 10.7. The first kappa shape index (κ1) is 21.4. The van der Waals surface area contributed by atoms with Crippen molar-refractivity contribution >= 4 is 27.5 Å². The van der Waals surface area contributed by atoms with Gasteiger partial charge in [-0.05, 0) is 75.4 Å². The number of rotatable bonds is 6. The minimum absolute atomic E-state index is 0.0196. The van der Waals surface area contributed by atoms with Crippen LogP contribution in [0.25, 0.3) is 21.5 Å². The number of fused-ring (bicyclic) bond motifs is 2. The lowest BCUT2D eigenvalue weighted by molar-refractivity contribution is -0.143. The van der Waals surface area contributed by atoms with Crippen molar-refractivity contribution in [2.75, 3.05) is 6.61 Å². The van der Waals surface area contributed by atoms with Gasteiger partial charge in [-0.3, -0.25) is 4.79 Å². The summed E-state index contributed by atoms with van der Waals surface area (Å²) in [4.78, 5) is 11.6. The molecule has 0 saturated carbocycles. The van der Waals surface area contributed by atoms with Gasteiger partial charge in [0.2, 0.25) is 0 Å². The van der Waals surface area contributed by atoms with Crippen LogP contribution in [-0.2, 0) is 20.4 Å². The quantitative estimate of drug-likeness (QED) is 0.326. The van der Waals surface area contributed by atoms with Crippen molar-refractivity contribution < 1.29 is 9.53 Å². The third kappa shape index (κ3) is 4.98. The van der Waals surface area contributed by atoms with Crippen LogP contribution in [0.4, 0.5) is 0 Å². The van der Waals surface area contributed by atoms with E-state index in [2.05, 4.69) is 83.1 Å². The Bertz CT molecular complexity index is 1020. The number of esters is 1. The van der Waals surface area contributed by atoms with Crippen molar-refractivity contribution in [3.8, 4) is 0 Å². The fourth-order valence-electron chi connectivity index (χ4n) is 3.94. The van der Waals surface area contributed by atoms with Crippen LogP contribution in [0.15, 0.2) is 48.5 Å². The first-order chi connectivity index (χ1) is 13.6. The van der Waals surface area contributed by atoms with Crippen LogP contribution in [0, 0.1) is 0 Å². The molecule has 0 heterocycles. The Morgan fingerprint density at radius 1 is 0.793 bits per heavy atom. The van der Waals surface area contributed by atoms with Gasteiger partial charge in [-0.2, -0.15) is 0 Å². The predicted octanol–water partition coefficient (Wildman–Crippen LogP) is 7.30. The second kappa shape index (κ2) is 8.18. The molecule has 29 heavy (non-hydrogen) atoms. The van der Waals surface area contributed by atoms with E-state index in [0.717, 1.165) is 12.8 Å². The molecule has 3 aromatic carbocycles. The van der Waals surface area contributed by atoms with E-state index < -0.39 is 0 Å². The SMILES string of the molecule is CCOC(=O)CCCC(C)(C)c1ccc2cc3cc(C(C)(C)C)ccc3cc2c1. The Hall–Kier alpha value is -2.35. The van der Waals surface area contributed by atoms with Gasteiger partial charge < -0.3 is 4.74 Å². The molecule has 0 aliphatic carbocycles. The maximum absolute atomic E-state index is 11.6. The summed E-state index contributed by atoms with van der Waals surface area (Å²) in [6.45, 7) is 13.6. The third-order valence-corrected chi connectivity index (χ3v) is 5.93. The zero-order valence-electron chi connectivity index (χ0n) is 18.8. The van der Waals surface area contributed by atoms with E-state index in [-0.39, 0.29) is 16.8 Å². The van der Waals surface area contributed by atoms with E-state index in [0.29, 0.717) is 13.0 Å². The summed E-state index contributed by atoms with van der Waals surface area (Å²) in [5.74, 6) is -0.0945. The van der Waals surface area contributed by atoms with E-state index >= 15 is 0 Å². The van der Waals surface area contributed by atoms with Crippen LogP contribution in [0.2, 0.25) is 0 Å². The van der Waals surface area contributed by atoms with Crippen LogP contribution in [0.1, 0.15) is 71.9 Å². The molecule has 0 fully saturated rings. The average Bonchev–Trinajstić information content (AvgIpc) is 2.64. The van der Waals surface area contributed by atoms with Crippen molar-refractivity contribution in [1.29, 1.82) is 0 Å². The maximum atomic E-state index is 11.6. The molecule has 0 aliphatic rings. The molecule has 0 atom stereocenters. The fourth-order valence-corrected chi connectivity index (χ4v) is 3.94. The van der Waals surface area contributed by atoms with Crippen LogP contribution >= 0.6 is 0 Å². The largest absolute Gasteiger partial charge is 0.466 e. The topological polar surface area (TPSA) is 26.3 Å². The summed E-state index contributed by atoms with van der Waals surface area (Å²) < 4.78 is 5.05. The van der Waals surface area contributed by atoms with Crippen molar-refractivity contribution in [1.82, 2.24) is 0 Å². The minimum Gasteiger partial charge on any atom is -0.466 e. The molecule has 0 spiro atoms. The minimum atomic E-state index is -0.0945. The molecule has 0 aromatic heterocycles. The second-order valence-electron chi connectivity index (χ2n) is 9.77. The second-order valence-corrected chi connectivity index (χ2v) is 9.77. The van der Waals surface area contributed by atoms with Gasteiger partial charge in [0.05, 0.1) is 6.61 Å². The highest BCUT2D eigenvalue weighted by molar-refractivity contribution is 5.98. The standard InChI is InChI=1S/C27H34O2/c1-7-29-25(28)9-8-14-27(5,6)24-13-11-20-15-21-17-23(26(2,3)4)12-10-19(21)16-22(20)18-24/h10-13,15-18H,7-9,14H2,1-6H3. The Morgan fingerprint density at radius 3 is 1.90 bits per heavy atom. The smallest absolute Gasteiger partial charge is 0.305 e. The zero-order chi connectivity index (χ0) is 21.2. The molecular formula is C27H34O2. The van der Waals surface area contributed by atoms with Gasteiger partial charge in [0.25, 0.3) is 0 Å². The molecule has 154 valence electrons. The number of ether oxygens (including phenoxy) is 1. The van der Waals surface area contributed by atoms with E-state index in [1.165, 1.54) is 32.7 Å². The highest BCUT2D eigenvalue weighted by atomic mass is 16.5. The first-order valence-electron chi connectivity index (χ1n) is 10.7. The van der Waals surface area contributed by atoms with Gasteiger partial charge in [0.15, 0.2) is 0 Å². The van der Waals surface area contributed by atoms with Crippen LogP contribution in [-0.4, -0.2) is 12.6 Å². The molecule has 3 rings (SSSR count). The summed E-state index contributed by atoms with van der Waals surface area (Å²) in [6.07, 6.45) is 2.29. The van der Waals surface area contributed by atoms with Gasteiger partial charge in [0.1, 0.15) is 0 Å². The number of carbonyl (C=O) groups is 1. The molecule has 2 nitrogen and oxygen atoms in total. The Labute approximate surface area is 175 Å². The monoisotopic (exact) mass is 390 g/mol. The predicted molar refractivity (Wildman–Crippen MR) is 124 cm³/mol. The van der Waals surface area contributed by atoms with Gasteiger partial charge in [-0.1, -0.05) is 71.0 Å². The highest BCUT2D eigenvalue weighted by Crippen LogP contribution is 2.34. The summed E-state index contributed by atoms with van der Waals surface area (Å²) >= 11 is 0. The highest BCUT2D eigenvalue weighted by Gasteiger charge is 2.21. The van der Waals surface area contributed by atoms with Crippen LogP contribution < -0.4 is 0 Å². The maximum Gasteiger partial charge on any atom is 0.305 e. The molecule has 2 heteroatoms. The third-order valence-electron chi connectivity index (χ3n) is 5.93. The van der Waals surface area contributed by atoms with Crippen molar-refractivity contribution in [2.24, 2.45) is 0 Å². The molecule has 0 N–H and O–H groups in total. The van der Waals surface area contributed by atoms with E-state index in [1.807, 2.05) is 6.92 Å². The Kier molecular flexibility index (Phi) is 6.03. The van der Waals surface area contributed by atoms with Crippen molar-refractivity contribution in [3.63, 3.8) is 0 Å². The molecule has 0 aliphatic heterocycles. The number of hydrogen-bond acceptors (Lipinski definition) is 2. The fraction of sp³-hybridized carbons (Fsp3) is 0.444. The summed E-state index contributed by atoms with van der Waals surface area (Å²) in [7, 11) is 0. The van der Waals surface area contributed by atoms with E-state index in [1.54, 1.807) is 0 Å². The average molecular weight is 391 g/mol. The van der Waals surface area contributed by atoms with Gasteiger partial charge >= 0.3 is 5.97 Å². The van der Waals surface area contributed by atoms with Crippen molar-refractivity contribution in [2.45, 2.75) is 71.6 Å². The number of hydrogen-bond donors (Lipinski definition) is 0. The number of carbonyl (C=O) groups excluding carboxylic acids is 1. The zero-order valence-corrected chi connectivity index (χ0v) is 18.8. The Balaban J connectivity index is 1.87. The molecular weight excluding hydrogens is 356 g/mol. The molecule has 0 radical (unpaired) electrons. The molecule has 3 aromatic rings. The Morgan fingerprint density at radius 2 is 1.34 bits per heavy atom. The lowest BCUT2D eigenvalue weighted by Gasteiger charge is -2.26. The molecule has 0 amide bonds. The lowest BCUT2D eigenvalue weighted by atomic mass is 9.79.